The van der Waals surface area contributed by atoms with Gasteiger partial charge in [-0.2, -0.15) is 4.98 Å². The Balaban J connectivity index is 2.38. The van der Waals surface area contributed by atoms with Crippen molar-refractivity contribution in [2.45, 2.75) is 52.0 Å². The van der Waals surface area contributed by atoms with Crippen LogP contribution in [0.15, 0.2) is 18.2 Å². The first-order valence-corrected chi connectivity index (χ1v) is 10.2. The van der Waals surface area contributed by atoms with Gasteiger partial charge in [0, 0.05) is 30.3 Å². The Morgan fingerprint density at radius 3 is 2.67 bits per heavy atom. The van der Waals surface area contributed by atoms with Gasteiger partial charge in [-0.1, -0.05) is 25.8 Å². The van der Waals surface area contributed by atoms with E-state index in [0.29, 0.717) is 30.0 Å². The number of methoxy groups -OCH3 is 2. The normalized spacial score (nSPS) is 11.8. The SMILES string of the molecule is CCCCC(CCO)Nc1nc(N)nc(C)c1Cc1ccc(C(=O)OC)cc1OC. The highest BCUT2D eigenvalue weighted by Crippen LogP contribution is 2.28. The van der Waals surface area contributed by atoms with E-state index in [9.17, 15) is 9.90 Å². The number of aryl methyl sites for hydroxylation is 1. The quantitative estimate of drug-likeness (QED) is 0.478. The Kier molecular flexibility index (Phi) is 8.86. The fourth-order valence-corrected chi connectivity index (χ4v) is 3.36. The maximum absolute atomic E-state index is 11.8. The molecular formula is C22H32N4O4. The first-order chi connectivity index (χ1) is 14.4. The first-order valence-electron chi connectivity index (χ1n) is 10.2. The van der Waals surface area contributed by atoms with Crippen LogP contribution in [0.25, 0.3) is 0 Å². The molecular weight excluding hydrogens is 384 g/mol. The molecule has 4 N–H and O–H groups in total. The number of nitrogens with two attached hydrogens (primary N) is 1. The number of aliphatic hydroxyl groups excluding tert-OH is 1. The van der Waals surface area contributed by atoms with Crippen LogP contribution in [0.5, 0.6) is 5.75 Å². The van der Waals surface area contributed by atoms with Crippen molar-refractivity contribution in [2.75, 3.05) is 31.9 Å². The summed E-state index contributed by atoms with van der Waals surface area (Å²) in [5, 5.41) is 12.9. The van der Waals surface area contributed by atoms with E-state index >= 15 is 0 Å². The summed E-state index contributed by atoms with van der Waals surface area (Å²) in [6.07, 6.45) is 4.18. The Labute approximate surface area is 177 Å². The molecule has 8 heteroatoms. The highest BCUT2D eigenvalue weighted by Gasteiger charge is 2.18. The number of aromatic nitrogens is 2. The molecule has 1 heterocycles. The maximum Gasteiger partial charge on any atom is 0.337 e. The number of carbonyl (C=O) groups excluding carboxylic acids is 1. The first kappa shape index (κ1) is 23.4. The lowest BCUT2D eigenvalue weighted by Gasteiger charge is -2.22. The summed E-state index contributed by atoms with van der Waals surface area (Å²) in [5.74, 6) is 1.02. The molecule has 0 aliphatic carbocycles. The van der Waals surface area contributed by atoms with Crippen LogP contribution >= 0.6 is 0 Å². The molecule has 0 aliphatic rings. The Hall–Kier alpha value is -2.87. The predicted octanol–water partition coefficient (Wildman–Crippen LogP) is 3.11. The van der Waals surface area contributed by atoms with Crippen molar-refractivity contribution in [2.24, 2.45) is 0 Å². The third-order valence-electron chi connectivity index (χ3n) is 5.03. The van der Waals surface area contributed by atoms with E-state index in [4.69, 9.17) is 15.2 Å². The number of ether oxygens (including phenoxy) is 2. The van der Waals surface area contributed by atoms with Crippen LogP contribution in [0.3, 0.4) is 0 Å². The molecule has 30 heavy (non-hydrogen) atoms. The second kappa shape index (κ2) is 11.3. The van der Waals surface area contributed by atoms with Gasteiger partial charge in [0.05, 0.1) is 19.8 Å². The number of anilines is 2. The van der Waals surface area contributed by atoms with Crippen LogP contribution in [0, 0.1) is 6.92 Å². The van der Waals surface area contributed by atoms with Gasteiger partial charge < -0.3 is 25.6 Å². The summed E-state index contributed by atoms with van der Waals surface area (Å²) in [4.78, 5) is 20.6. The maximum atomic E-state index is 11.8. The fourth-order valence-electron chi connectivity index (χ4n) is 3.36. The van der Waals surface area contributed by atoms with Gasteiger partial charge >= 0.3 is 5.97 Å². The minimum absolute atomic E-state index is 0.0889. The van der Waals surface area contributed by atoms with Gasteiger partial charge in [0.2, 0.25) is 5.95 Å². The zero-order valence-electron chi connectivity index (χ0n) is 18.2. The lowest BCUT2D eigenvalue weighted by molar-refractivity contribution is 0.0600. The Morgan fingerprint density at radius 2 is 2.03 bits per heavy atom. The summed E-state index contributed by atoms with van der Waals surface area (Å²) in [6.45, 7) is 4.12. The number of carbonyl (C=O) groups is 1. The average molecular weight is 417 g/mol. The summed E-state index contributed by atoms with van der Waals surface area (Å²) >= 11 is 0. The van der Waals surface area contributed by atoms with Crippen molar-refractivity contribution < 1.29 is 19.4 Å². The molecule has 0 aliphatic heterocycles. The standard InChI is InChI=1S/C22H32N4O4/c1-5-6-7-17(10-11-27)25-20-18(14(2)24-22(23)26-20)12-15-8-9-16(21(28)30-4)13-19(15)29-3/h8-9,13,17,27H,5-7,10-12H2,1-4H3,(H3,23,24,25,26). The second-order valence-electron chi connectivity index (χ2n) is 7.19. The number of nitrogens with zero attached hydrogens (tertiary/aromatic N) is 2. The second-order valence-corrected chi connectivity index (χ2v) is 7.19. The molecule has 2 rings (SSSR count). The summed E-state index contributed by atoms with van der Waals surface area (Å²) in [7, 11) is 2.91. The molecule has 2 aromatic rings. The molecule has 8 nitrogen and oxygen atoms in total. The molecule has 0 radical (unpaired) electrons. The molecule has 164 valence electrons. The topological polar surface area (TPSA) is 120 Å². The van der Waals surface area contributed by atoms with Crippen LogP contribution < -0.4 is 15.8 Å². The third kappa shape index (κ3) is 6.06. The number of benzene rings is 1. The van der Waals surface area contributed by atoms with Gasteiger partial charge in [0.15, 0.2) is 0 Å². The average Bonchev–Trinajstić information content (AvgIpc) is 2.73. The van der Waals surface area contributed by atoms with E-state index in [1.165, 1.54) is 7.11 Å². The van der Waals surface area contributed by atoms with Crippen LogP contribution in [-0.2, 0) is 11.2 Å². The van der Waals surface area contributed by atoms with Crippen LogP contribution in [-0.4, -0.2) is 47.9 Å². The van der Waals surface area contributed by atoms with E-state index < -0.39 is 5.97 Å². The van der Waals surface area contributed by atoms with E-state index in [2.05, 4.69) is 22.2 Å². The number of nitrogen functional groups attached to an aromatic ring is 1. The van der Waals surface area contributed by atoms with Gasteiger partial charge in [-0.15, -0.1) is 0 Å². The highest BCUT2D eigenvalue weighted by molar-refractivity contribution is 5.90. The van der Waals surface area contributed by atoms with Crippen LogP contribution in [0.4, 0.5) is 11.8 Å². The summed E-state index contributed by atoms with van der Waals surface area (Å²) < 4.78 is 10.3. The zero-order valence-corrected chi connectivity index (χ0v) is 18.2. The number of hydrogen-bond donors (Lipinski definition) is 3. The minimum Gasteiger partial charge on any atom is -0.496 e. The zero-order chi connectivity index (χ0) is 22.1. The molecule has 1 atom stereocenters. The van der Waals surface area contributed by atoms with Crippen molar-refractivity contribution in [1.29, 1.82) is 0 Å². The molecule has 0 spiro atoms. The van der Waals surface area contributed by atoms with Crippen LogP contribution in [0.2, 0.25) is 0 Å². The number of nitrogens with one attached hydrogen (secondary N) is 1. The predicted molar refractivity (Wildman–Crippen MR) is 117 cm³/mol. The molecule has 0 saturated heterocycles. The largest absolute Gasteiger partial charge is 0.496 e. The summed E-state index contributed by atoms with van der Waals surface area (Å²) in [6, 6.07) is 5.30. The van der Waals surface area contributed by atoms with Crippen molar-refractivity contribution in [1.82, 2.24) is 9.97 Å². The number of rotatable bonds is 11. The molecule has 0 amide bonds. The minimum atomic E-state index is -0.419. The van der Waals surface area contributed by atoms with Crippen molar-refractivity contribution in [3.05, 3.63) is 40.6 Å². The van der Waals surface area contributed by atoms with Crippen LogP contribution in [0.1, 0.15) is 59.8 Å². The molecule has 1 aromatic heterocycles. The van der Waals surface area contributed by atoms with Gasteiger partial charge in [-0.25, -0.2) is 9.78 Å². The number of hydrogen-bond acceptors (Lipinski definition) is 8. The number of unbranched alkanes of at least 4 members (excludes halogenated alkanes) is 1. The van der Waals surface area contributed by atoms with E-state index in [-0.39, 0.29) is 18.6 Å². The smallest absolute Gasteiger partial charge is 0.337 e. The van der Waals surface area contributed by atoms with Crippen molar-refractivity contribution in [3.63, 3.8) is 0 Å². The highest BCUT2D eigenvalue weighted by atomic mass is 16.5. The van der Waals surface area contributed by atoms with Gasteiger partial charge in [0.25, 0.3) is 0 Å². The van der Waals surface area contributed by atoms with E-state index in [1.807, 2.05) is 13.0 Å². The number of aliphatic hydroxyl groups is 1. The molecule has 1 aromatic carbocycles. The lowest BCUT2D eigenvalue weighted by Crippen LogP contribution is -2.23. The molecule has 1 unspecified atom stereocenters. The van der Waals surface area contributed by atoms with Gasteiger partial charge in [0.1, 0.15) is 11.6 Å². The Morgan fingerprint density at radius 1 is 1.27 bits per heavy atom. The molecule has 0 bridgehead atoms. The van der Waals surface area contributed by atoms with Crippen molar-refractivity contribution in [3.8, 4) is 5.75 Å². The monoisotopic (exact) mass is 416 g/mol. The molecule has 0 saturated carbocycles. The van der Waals surface area contributed by atoms with E-state index in [1.54, 1.807) is 19.2 Å². The Bertz CT molecular complexity index is 857. The van der Waals surface area contributed by atoms with Crippen molar-refractivity contribution >= 4 is 17.7 Å². The molecule has 0 fully saturated rings. The number of esters is 1. The fraction of sp³-hybridized carbons (Fsp3) is 0.500. The summed E-state index contributed by atoms with van der Waals surface area (Å²) in [5.41, 5.74) is 8.88. The van der Waals surface area contributed by atoms with E-state index in [0.717, 1.165) is 36.1 Å². The van der Waals surface area contributed by atoms with Gasteiger partial charge in [-0.3, -0.25) is 0 Å². The van der Waals surface area contributed by atoms with Gasteiger partial charge in [-0.05, 0) is 37.5 Å². The lowest BCUT2D eigenvalue weighted by atomic mass is 10.0. The third-order valence-corrected chi connectivity index (χ3v) is 5.03.